The number of carbonyl (C=O) groups is 1. The Balaban J connectivity index is 1.70. The predicted molar refractivity (Wildman–Crippen MR) is 70.5 cm³/mol. The van der Waals surface area contributed by atoms with Crippen LogP contribution in [0, 0.1) is 0 Å². The van der Waals surface area contributed by atoms with Gasteiger partial charge < -0.3 is 9.64 Å². The average Bonchev–Trinajstić information content (AvgIpc) is 3.05. The number of ether oxygens (including phenoxy) is 1. The third-order valence-corrected chi connectivity index (χ3v) is 3.55. The van der Waals surface area contributed by atoms with Crippen molar-refractivity contribution in [2.45, 2.75) is 19.3 Å². The average molecular weight is 243 g/mol. The van der Waals surface area contributed by atoms with Crippen LogP contribution in [0.4, 0.5) is 0 Å². The van der Waals surface area contributed by atoms with E-state index in [4.69, 9.17) is 4.74 Å². The Kier molecular flexibility index (Phi) is 3.05. The second-order valence-electron chi connectivity index (χ2n) is 4.83. The molecule has 94 valence electrons. The smallest absolute Gasteiger partial charge is 0.246 e. The number of hydrogen-bond acceptors (Lipinski definition) is 2. The fourth-order valence-electron chi connectivity index (χ4n) is 2.52. The number of carbonyl (C=O) groups excluding carboxylic acids is 1. The second kappa shape index (κ2) is 4.84. The van der Waals surface area contributed by atoms with Gasteiger partial charge in [0.2, 0.25) is 5.91 Å². The molecule has 0 spiro atoms. The fraction of sp³-hybridized carbons (Fsp3) is 0.400. The first-order valence-electron chi connectivity index (χ1n) is 6.56. The Bertz CT molecular complexity index is 487. The Morgan fingerprint density at radius 2 is 2.11 bits per heavy atom. The summed E-state index contributed by atoms with van der Waals surface area (Å²) in [5, 5.41) is 0. The van der Waals surface area contributed by atoms with Crippen molar-refractivity contribution < 1.29 is 9.53 Å². The molecular weight excluding hydrogens is 226 g/mol. The summed E-state index contributed by atoms with van der Waals surface area (Å²) in [5.41, 5.74) is 2.32. The van der Waals surface area contributed by atoms with Crippen molar-refractivity contribution in [3.63, 3.8) is 0 Å². The van der Waals surface area contributed by atoms with E-state index >= 15 is 0 Å². The maximum absolute atomic E-state index is 11.9. The van der Waals surface area contributed by atoms with Crippen molar-refractivity contribution in [3.8, 4) is 5.75 Å². The monoisotopic (exact) mass is 243 g/mol. The molecule has 1 fully saturated rings. The SMILES string of the molecule is O=C(/C=C/c1ccc2c(c1)CCO2)N1CCCC1. The Labute approximate surface area is 107 Å². The standard InChI is InChI=1S/C15H17NO2/c17-15(16-8-1-2-9-16)6-4-12-3-5-14-13(11-12)7-10-18-14/h3-6,11H,1-2,7-10H2/b6-4+. The molecule has 0 saturated carbocycles. The van der Waals surface area contributed by atoms with Gasteiger partial charge in [0, 0.05) is 25.6 Å². The van der Waals surface area contributed by atoms with Gasteiger partial charge >= 0.3 is 0 Å². The molecule has 1 aromatic carbocycles. The van der Waals surface area contributed by atoms with E-state index in [0.29, 0.717) is 0 Å². The summed E-state index contributed by atoms with van der Waals surface area (Å²) in [6.45, 7) is 2.58. The lowest BCUT2D eigenvalue weighted by molar-refractivity contribution is -0.124. The summed E-state index contributed by atoms with van der Waals surface area (Å²) >= 11 is 0. The van der Waals surface area contributed by atoms with Crippen LogP contribution in [0.2, 0.25) is 0 Å². The molecule has 0 N–H and O–H groups in total. The number of amides is 1. The first-order valence-corrected chi connectivity index (χ1v) is 6.56. The van der Waals surface area contributed by atoms with E-state index in [0.717, 1.165) is 50.3 Å². The highest BCUT2D eigenvalue weighted by Gasteiger charge is 2.15. The molecule has 0 atom stereocenters. The molecule has 1 amide bonds. The molecule has 0 radical (unpaired) electrons. The van der Waals surface area contributed by atoms with Gasteiger partial charge in [-0.05, 0) is 42.2 Å². The van der Waals surface area contributed by atoms with Gasteiger partial charge in [0.25, 0.3) is 0 Å². The number of benzene rings is 1. The summed E-state index contributed by atoms with van der Waals surface area (Å²) < 4.78 is 5.46. The lowest BCUT2D eigenvalue weighted by Gasteiger charge is -2.11. The first-order chi connectivity index (χ1) is 8.83. The molecule has 2 aliphatic rings. The summed E-state index contributed by atoms with van der Waals surface area (Å²) in [6, 6.07) is 6.09. The highest BCUT2D eigenvalue weighted by Crippen LogP contribution is 2.26. The van der Waals surface area contributed by atoms with Gasteiger partial charge in [0.1, 0.15) is 5.75 Å². The molecule has 1 aromatic rings. The molecule has 3 nitrogen and oxygen atoms in total. The fourth-order valence-corrected chi connectivity index (χ4v) is 2.52. The number of likely N-dealkylation sites (tertiary alicyclic amines) is 1. The molecule has 1 saturated heterocycles. The van der Waals surface area contributed by atoms with Gasteiger partial charge in [-0.15, -0.1) is 0 Å². The molecular formula is C15H17NO2. The van der Waals surface area contributed by atoms with Crippen molar-refractivity contribution >= 4 is 12.0 Å². The number of hydrogen-bond donors (Lipinski definition) is 0. The van der Waals surface area contributed by atoms with E-state index in [2.05, 4.69) is 6.07 Å². The number of nitrogens with zero attached hydrogens (tertiary/aromatic N) is 1. The van der Waals surface area contributed by atoms with E-state index < -0.39 is 0 Å². The maximum Gasteiger partial charge on any atom is 0.246 e. The summed E-state index contributed by atoms with van der Waals surface area (Å²) in [4.78, 5) is 13.8. The van der Waals surface area contributed by atoms with Gasteiger partial charge in [0.05, 0.1) is 6.61 Å². The molecule has 2 heterocycles. The molecule has 0 aliphatic carbocycles. The zero-order chi connectivity index (χ0) is 12.4. The first kappa shape index (κ1) is 11.3. The highest BCUT2D eigenvalue weighted by molar-refractivity contribution is 5.92. The second-order valence-corrected chi connectivity index (χ2v) is 4.83. The van der Waals surface area contributed by atoms with Crippen LogP contribution >= 0.6 is 0 Å². The van der Waals surface area contributed by atoms with Gasteiger partial charge in [-0.1, -0.05) is 6.07 Å². The molecule has 0 aromatic heterocycles. The van der Waals surface area contributed by atoms with Crippen LogP contribution in [0.3, 0.4) is 0 Å². The zero-order valence-electron chi connectivity index (χ0n) is 10.4. The topological polar surface area (TPSA) is 29.5 Å². The van der Waals surface area contributed by atoms with Gasteiger partial charge in [-0.25, -0.2) is 0 Å². The minimum absolute atomic E-state index is 0.129. The molecule has 18 heavy (non-hydrogen) atoms. The summed E-state index contributed by atoms with van der Waals surface area (Å²) in [6.07, 6.45) is 6.82. The normalized spacial score (nSPS) is 18.1. The van der Waals surface area contributed by atoms with Gasteiger partial charge in [0.15, 0.2) is 0 Å². The maximum atomic E-state index is 11.9. The molecule has 0 bridgehead atoms. The third-order valence-electron chi connectivity index (χ3n) is 3.55. The van der Waals surface area contributed by atoms with Crippen molar-refractivity contribution in [2.75, 3.05) is 19.7 Å². The molecule has 3 rings (SSSR count). The van der Waals surface area contributed by atoms with Crippen molar-refractivity contribution in [1.29, 1.82) is 0 Å². The minimum Gasteiger partial charge on any atom is -0.493 e. The Morgan fingerprint density at radius 1 is 1.28 bits per heavy atom. The van der Waals surface area contributed by atoms with E-state index in [1.54, 1.807) is 6.08 Å². The van der Waals surface area contributed by atoms with Crippen molar-refractivity contribution in [1.82, 2.24) is 4.90 Å². The molecule has 0 unspecified atom stereocenters. The zero-order valence-corrected chi connectivity index (χ0v) is 10.4. The van der Waals surface area contributed by atoms with E-state index in [-0.39, 0.29) is 5.91 Å². The van der Waals surface area contributed by atoms with E-state index in [9.17, 15) is 4.79 Å². The molecule has 2 aliphatic heterocycles. The lowest BCUT2D eigenvalue weighted by atomic mass is 10.1. The summed E-state index contributed by atoms with van der Waals surface area (Å²) in [7, 11) is 0. The lowest BCUT2D eigenvalue weighted by Crippen LogP contribution is -2.25. The van der Waals surface area contributed by atoms with Crippen LogP contribution < -0.4 is 4.74 Å². The number of fused-ring (bicyclic) bond motifs is 1. The third kappa shape index (κ3) is 2.26. The van der Waals surface area contributed by atoms with E-state index in [1.807, 2.05) is 23.1 Å². The van der Waals surface area contributed by atoms with Crippen molar-refractivity contribution in [2.24, 2.45) is 0 Å². The number of rotatable bonds is 2. The molecule has 3 heteroatoms. The summed E-state index contributed by atoms with van der Waals surface area (Å²) in [5.74, 6) is 1.11. The van der Waals surface area contributed by atoms with Crippen LogP contribution in [0.15, 0.2) is 24.3 Å². The quantitative estimate of drug-likeness (QED) is 0.746. The largest absolute Gasteiger partial charge is 0.493 e. The highest BCUT2D eigenvalue weighted by atomic mass is 16.5. The van der Waals surface area contributed by atoms with Gasteiger partial charge in [-0.2, -0.15) is 0 Å². The Morgan fingerprint density at radius 3 is 2.94 bits per heavy atom. The van der Waals surface area contributed by atoms with Crippen molar-refractivity contribution in [3.05, 3.63) is 35.4 Å². The Hall–Kier alpha value is -1.77. The van der Waals surface area contributed by atoms with Crippen LogP contribution in [-0.2, 0) is 11.2 Å². The van der Waals surface area contributed by atoms with Gasteiger partial charge in [-0.3, -0.25) is 4.79 Å². The predicted octanol–water partition coefficient (Wildman–Crippen LogP) is 2.26. The van der Waals surface area contributed by atoms with E-state index in [1.165, 1.54) is 5.56 Å². The van der Waals surface area contributed by atoms with Crippen LogP contribution in [0.1, 0.15) is 24.0 Å². The minimum atomic E-state index is 0.129. The van der Waals surface area contributed by atoms with Crippen LogP contribution in [0.5, 0.6) is 5.75 Å². The van der Waals surface area contributed by atoms with Crippen LogP contribution in [-0.4, -0.2) is 30.5 Å². The van der Waals surface area contributed by atoms with Crippen LogP contribution in [0.25, 0.3) is 6.08 Å².